The maximum absolute atomic E-state index is 11.1. The lowest BCUT2D eigenvalue weighted by atomic mass is 9.95. The molecule has 0 bridgehead atoms. The van der Waals surface area contributed by atoms with Crippen LogP contribution in [0, 0.1) is 0 Å². The fourth-order valence-electron chi connectivity index (χ4n) is 1.87. The monoisotopic (exact) mass is 240 g/mol. The number of carboxylic acid groups (broad SMARTS) is 1. The van der Waals surface area contributed by atoms with Crippen molar-refractivity contribution in [1.82, 2.24) is 0 Å². The number of methoxy groups -OCH3 is 1. The first-order valence-corrected chi connectivity index (χ1v) is 5.49. The van der Waals surface area contributed by atoms with E-state index in [4.69, 9.17) is 21.4 Å². The van der Waals surface area contributed by atoms with E-state index in [1.807, 2.05) is 12.1 Å². The zero-order valence-electron chi connectivity index (χ0n) is 9.00. The van der Waals surface area contributed by atoms with E-state index in [1.54, 1.807) is 13.2 Å². The Bertz CT molecular complexity index is 424. The van der Waals surface area contributed by atoms with Gasteiger partial charge in [-0.3, -0.25) is 4.79 Å². The minimum Gasteiger partial charge on any atom is -0.481 e. The molecule has 1 aliphatic rings. The first kappa shape index (κ1) is 11.4. The Labute approximate surface area is 99.0 Å². The van der Waals surface area contributed by atoms with Crippen LogP contribution in [0.5, 0.6) is 0 Å². The summed E-state index contributed by atoms with van der Waals surface area (Å²) < 4.78 is 5.00. The lowest BCUT2D eigenvalue weighted by molar-refractivity contribution is -0.140. The summed E-state index contributed by atoms with van der Waals surface area (Å²) in [6.45, 7) is 0.444. The molecule has 16 heavy (non-hydrogen) atoms. The molecular weight excluding hydrogens is 228 g/mol. The minimum absolute atomic E-state index is 0.444. The van der Waals surface area contributed by atoms with E-state index < -0.39 is 11.4 Å². The first-order chi connectivity index (χ1) is 7.60. The van der Waals surface area contributed by atoms with Gasteiger partial charge in [0.1, 0.15) is 0 Å². The van der Waals surface area contributed by atoms with Gasteiger partial charge in [0.25, 0.3) is 0 Å². The van der Waals surface area contributed by atoms with Gasteiger partial charge in [-0.25, -0.2) is 0 Å². The Hall–Kier alpha value is -1.06. The van der Waals surface area contributed by atoms with E-state index in [-0.39, 0.29) is 0 Å². The number of ether oxygens (including phenoxy) is 1. The minimum atomic E-state index is -0.761. The standard InChI is InChI=1S/C12H13ClO3/c1-16-7-8-2-3-9(6-10(8)13)12(4-5-12)11(14)15/h2-3,6H,4-5,7H2,1H3,(H,14,15). The number of hydrogen-bond acceptors (Lipinski definition) is 2. The number of hydrogen-bond donors (Lipinski definition) is 1. The Kier molecular flexibility index (Phi) is 2.91. The topological polar surface area (TPSA) is 46.5 Å². The molecule has 2 rings (SSSR count). The maximum atomic E-state index is 11.1. The van der Waals surface area contributed by atoms with Crippen LogP contribution in [0.2, 0.25) is 5.02 Å². The Morgan fingerprint density at radius 1 is 1.56 bits per heavy atom. The average Bonchev–Trinajstić information content (AvgIpc) is 3.02. The van der Waals surface area contributed by atoms with Crippen molar-refractivity contribution in [3.8, 4) is 0 Å². The summed E-state index contributed by atoms with van der Waals surface area (Å²) in [4.78, 5) is 11.1. The summed E-state index contributed by atoms with van der Waals surface area (Å²) in [6, 6.07) is 5.42. The quantitative estimate of drug-likeness (QED) is 0.880. The number of halogens is 1. The number of carboxylic acids is 1. The summed E-state index contributed by atoms with van der Waals surface area (Å²) in [7, 11) is 1.60. The molecule has 1 aromatic rings. The summed E-state index contributed by atoms with van der Waals surface area (Å²) in [5.74, 6) is -0.761. The van der Waals surface area contributed by atoms with Crippen molar-refractivity contribution in [2.45, 2.75) is 24.9 Å². The van der Waals surface area contributed by atoms with Crippen molar-refractivity contribution < 1.29 is 14.6 Å². The summed E-state index contributed by atoms with van der Waals surface area (Å²) in [5.41, 5.74) is 0.994. The molecule has 0 saturated heterocycles. The normalized spacial score (nSPS) is 17.1. The van der Waals surface area contributed by atoms with Crippen molar-refractivity contribution in [3.05, 3.63) is 34.3 Å². The molecule has 4 heteroatoms. The van der Waals surface area contributed by atoms with Crippen molar-refractivity contribution in [2.75, 3.05) is 7.11 Å². The van der Waals surface area contributed by atoms with Crippen molar-refractivity contribution in [2.24, 2.45) is 0 Å². The molecule has 0 aromatic heterocycles. The van der Waals surface area contributed by atoms with E-state index in [9.17, 15) is 4.79 Å². The number of rotatable bonds is 4. The third-order valence-corrected chi connectivity index (χ3v) is 3.42. The predicted molar refractivity (Wildman–Crippen MR) is 60.7 cm³/mol. The van der Waals surface area contributed by atoms with Crippen LogP contribution in [0.1, 0.15) is 24.0 Å². The fourth-order valence-corrected chi connectivity index (χ4v) is 2.10. The SMILES string of the molecule is COCc1ccc(C2(C(=O)O)CC2)cc1Cl. The van der Waals surface area contributed by atoms with Gasteiger partial charge in [-0.2, -0.15) is 0 Å². The average molecular weight is 241 g/mol. The van der Waals surface area contributed by atoms with Gasteiger partial charge in [-0.15, -0.1) is 0 Å². The number of aliphatic carboxylic acids is 1. The molecule has 0 aliphatic heterocycles. The molecule has 3 nitrogen and oxygen atoms in total. The fraction of sp³-hybridized carbons (Fsp3) is 0.417. The molecule has 1 saturated carbocycles. The Morgan fingerprint density at radius 2 is 2.25 bits per heavy atom. The zero-order valence-corrected chi connectivity index (χ0v) is 9.75. The zero-order chi connectivity index (χ0) is 11.8. The molecule has 0 unspecified atom stereocenters. The van der Waals surface area contributed by atoms with Gasteiger partial charge >= 0.3 is 5.97 Å². The molecular formula is C12H13ClO3. The van der Waals surface area contributed by atoms with Gasteiger partial charge in [0, 0.05) is 12.1 Å². The third kappa shape index (κ3) is 1.81. The molecule has 0 spiro atoms. The molecule has 0 atom stereocenters. The van der Waals surface area contributed by atoms with Crippen molar-refractivity contribution in [3.63, 3.8) is 0 Å². The van der Waals surface area contributed by atoms with Gasteiger partial charge < -0.3 is 9.84 Å². The molecule has 1 aromatic carbocycles. The molecule has 1 fully saturated rings. The summed E-state index contributed by atoms with van der Waals surface area (Å²) in [5, 5.41) is 9.73. The van der Waals surface area contributed by atoms with Crippen molar-refractivity contribution >= 4 is 17.6 Å². The molecule has 86 valence electrons. The van der Waals surface area contributed by atoms with Gasteiger partial charge in [-0.05, 0) is 30.0 Å². The molecule has 0 amide bonds. The first-order valence-electron chi connectivity index (χ1n) is 5.11. The van der Waals surface area contributed by atoms with Gasteiger partial charge in [0.15, 0.2) is 0 Å². The van der Waals surface area contributed by atoms with Crippen LogP contribution in [0.25, 0.3) is 0 Å². The second-order valence-electron chi connectivity index (χ2n) is 4.13. The van der Waals surface area contributed by atoms with Crippen LogP contribution in [0.4, 0.5) is 0 Å². The van der Waals surface area contributed by atoms with Gasteiger partial charge in [-0.1, -0.05) is 23.7 Å². The lowest BCUT2D eigenvalue weighted by Crippen LogP contribution is -2.19. The Balaban J connectivity index is 2.31. The second kappa shape index (κ2) is 4.07. The van der Waals surface area contributed by atoms with E-state index in [1.165, 1.54) is 0 Å². The van der Waals surface area contributed by atoms with E-state index >= 15 is 0 Å². The second-order valence-corrected chi connectivity index (χ2v) is 4.53. The lowest BCUT2D eigenvalue weighted by Gasteiger charge is -2.12. The highest BCUT2D eigenvalue weighted by Crippen LogP contribution is 2.49. The third-order valence-electron chi connectivity index (χ3n) is 3.06. The van der Waals surface area contributed by atoms with E-state index in [0.29, 0.717) is 24.5 Å². The highest BCUT2D eigenvalue weighted by molar-refractivity contribution is 6.31. The van der Waals surface area contributed by atoms with Crippen LogP contribution < -0.4 is 0 Å². The van der Waals surface area contributed by atoms with Crippen LogP contribution in [0.3, 0.4) is 0 Å². The van der Waals surface area contributed by atoms with Crippen LogP contribution in [-0.4, -0.2) is 18.2 Å². The molecule has 0 radical (unpaired) electrons. The highest BCUT2D eigenvalue weighted by atomic mass is 35.5. The van der Waals surface area contributed by atoms with E-state index in [0.717, 1.165) is 11.1 Å². The molecule has 1 aliphatic carbocycles. The highest BCUT2D eigenvalue weighted by Gasteiger charge is 2.51. The molecule has 1 N–H and O–H groups in total. The maximum Gasteiger partial charge on any atom is 0.314 e. The Morgan fingerprint density at radius 3 is 2.69 bits per heavy atom. The van der Waals surface area contributed by atoms with Gasteiger partial charge in [0.2, 0.25) is 0 Å². The van der Waals surface area contributed by atoms with Gasteiger partial charge in [0.05, 0.1) is 12.0 Å². The number of carbonyl (C=O) groups is 1. The summed E-state index contributed by atoms with van der Waals surface area (Å²) >= 11 is 6.07. The predicted octanol–water partition coefficient (Wildman–Crippen LogP) is 2.60. The number of benzene rings is 1. The largest absolute Gasteiger partial charge is 0.481 e. The van der Waals surface area contributed by atoms with Crippen LogP contribution in [-0.2, 0) is 21.6 Å². The molecule has 0 heterocycles. The van der Waals surface area contributed by atoms with Crippen molar-refractivity contribution in [1.29, 1.82) is 0 Å². The van der Waals surface area contributed by atoms with E-state index in [2.05, 4.69) is 0 Å². The summed E-state index contributed by atoms with van der Waals surface area (Å²) in [6.07, 6.45) is 1.39. The smallest absolute Gasteiger partial charge is 0.314 e. The van der Waals surface area contributed by atoms with Crippen LogP contribution in [0.15, 0.2) is 18.2 Å². The van der Waals surface area contributed by atoms with Crippen LogP contribution >= 0.6 is 11.6 Å².